The smallest absolute Gasteiger partial charge is 0.244 e. The van der Waals surface area contributed by atoms with Crippen molar-refractivity contribution >= 4 is 21.4 Å². The van der Waals surface area contributed by atoms with Crippen LogP contribution in [0.4, 0.5) is 11.4 Å². The van der Waals surface area contributed by atoms with Gasteiger partial charge in [-0.1, -0.05) is 43.3 Å². The lowest BCUT2D eigenvalue weighted by molar-refractivity contribution is 0.468. The van der Waals surface area contributed by atoms with Crippen molar-refractivity contribution in [3.8, 4) is 0 Å². The molecule has 1 heterocycles. The van der Waals surface area contributed by atoms with E-state index in [0.717, 1.165) is 18.5 Å². The number of hydrogen-bond acceptors (Lipinski definition) is 3. The van der Waals surface area contributed by atoms with Gasteiger partial charge >= 0.3 is 0 Å². The zero-order valence-corrected chi connectivity index (χ0v) is 14.8. The lowest BCUT2D eigenvalue weighted by Crippen LogP contribution is -2.29. The van der Waals surface area contributed by atoms with Crippen molar-refractivity contribution in [2.24, 2.45) is 0 Å². The van der Waals surface area contributed by atoms with Crippen LogP contribution >= 0.6 is 0 Å². The number of nitrogens with zero attached hydrogens (tertiary/aromatic N) is 2. The van der Waals surface area contributed by atoms with Crippen LogP contribution in [0.5, 0.6) is 0 Å². The Bertz CT molecular complexity index is 859. The van der Waals surface area contributed by atoms with Crippen molar-refractivity contribution < 1.29 is 8.42 Å². The summed E-state index contributed by atoms with van der Waals surface area (Å²) >= 11 is 0. The van der Waals surface area contributed by atoms with Gasteiger partial charge in [-0.05, 0) is 36.6 Å². The van der Waals surface area contributed by atoms with Crippen molar-refractivity contribution in [2.45, 2.75) is 24.7 Å². The highest BCUT2D eigenvalue weighted by Gasteiger charge is 2.26. The molecule has 0 saturated carbocycles. The van der Waals surface area contributed by atoms with Gasteiger partial charge in [-0.3, -0.25) is 0 Å². The molecule has 2 aromatic carbocycles. The molecule has 0 unspecified atom stereocenters. The Morgan fingerprint density at radius 1 is 1.04 bits per heavy atom. The molecule has 0 saturated heterocycles. The number of allylic oxidation sites excluding steroid dienone is 1. The summed E-state index contributed by atoms with van der Waals surface area (Å²) in [7, 11) is -1.89. The van der Waals surface area contributed by atoms with Crippen molar-refractivity contribution in [3.05, 3.63) is 66.4 Å². The normalized spacial score (nSPS) is 14.0. The second kappa shape index (κ2) is 6.79. The molecule has 24 heavy (non-hydrogen) atoms. The molecule has 126 valence electrons. The van der Waals surface area contributed by atoms with Gasteiger partial charge in [-0.15, -0.1) is 0 Å². The molecule has 0 fully saturated rings. The average molecular weight is 342 g/mol. The van der Waals surface area contributed by atoms with Crippen LogP contribution in [0.15, 0.2) is 65.7 Å². The van der Waals surface area contributed by atoms with E-state index >= 15 is 0 Å². The molecule has 3 rings (SSSR count). The van der Waals surface area contributed by atoms with E-state index in [9.17, 15) is 8.42 Å². The standard InChI is InChI=1S/C19H22N2O2S/c1-3-14-20(2)24(22,23)19-13-7-6-12-18(19)21-15-8-10-16-9-4-5-11-17(16)21/h4-9,11-13,15H,3,10,14H2,1-2H3. The molecule has 1 aliphatic rings. The molecule has 0 bridgehead atoms. The lowest BCUT2D eigenvalue weighted by atomic mass is 10.1. The predicted octanol–water partition coefficient (Wildman–Crippen LogP) is 3.93. The Morgan fingerprint density at radius 3 is 2.46 bits per heavy atom. The van der Waals surface area contributed by atoms with Gasteiger partial charge in [-0.25, -0.2) is 12.7 Å². The molecule has 0 spiro atoms. The number of fused-ring (bicyclic) bond motifs is 1. The zero-order valence-electron chi connectivity index (χ0n) is 14.0. The third kappa shape index (κ3) is 2.97. The van der Waals surface area contributed by atoms with Crippen LogP contribution in [0, 0.1) is 0 Å². The Morgan fingerprint density at radius 2 is 1.71 bits per heavy atom. The number of benzene rings is 2. The van der Waals surface area contributed by atoms with Gasteiger partial charge in [0.05, 0.1) is 5.69 Å². The molecule has 0 aliphatic carbocycles. The Labute approximate surface area is 144 Å². The van der Waals surface area contributed by atoms with Crippen LogP contribution in [-0.4, -0.2) is 26.3 Å². The molecular formula is C19H22N2O2S. The van der Waals surface area contributed by atoms with Gasteiger partial charge < -0.3 is 4.90 Å². The molecule has 0 N–H and O–H groups in total. The third-order valence-corrected chi connectivity index (χ3v) is 6.10. The first kappa shape index (κ1) is 16.7. The van der Waals surface area contributed by atoms with Crippen molar-refractivity contribution in [1.29, 1.82) is 0 Å². The van der Waals surface area contributed by atoms with E-state index in [1.165, 1.54) is 9.87 Å². The van der Waals surface area contributed by atoms with Crippen LogP contribution in [0.1, 0.15) is 18.9 Å². The van der Waals surface area contributed by atoms with E-state index in [1.807, 2.05) is 48.4 Å². The first-order chi connectivity index (χ1) is 11.6. The molecule has 0 atom stereocenters. The SMILES string of the molecule is CCCN(C)S(=O)(=O)c1ccccc1N1C=CCc2ccccc21. The highest BCUT2D eigenvalue weighted by atomic mass is 32.2. The van der Waals surface area contributed by atoms with Gasteiger partial charge in [0.1, 0.15) is 4.90 Å². The minimum absolute atomic E-state index is 0.335. The summed E-state index contributed by atoms with van der Waals surface area (Å²) in [6.45, 7) is 2.48. The summed E-state index contributed by atoms with van der Waals surface area (Å²) in [5.41, 5.74) is 2.90. The van der Waals surface area contributed by atoms with Crippen molar-refractivity contribution in [1.82, 2.24) is 4.31 Å². The van der Waals surface area contributed by atoms with Gasteiger partial charge in [0.2, 0.25) is 10.0 Å². The van der Waals surface area contributed by atoms with E-state index in [1.54, 1.807) is 19.2 Å². The summed E-state index contributed by atoms with van der Waals surface area (Å²) in [6, 6.07) is 15.3. The summed E-state index contributed by atoms with van der Waals surface area (Å²) in [5, 5.41) is 0. The molecule has 2 aromatic rings. The minimum Gasteiger partial charge on any atom is -0.316 e. The van der Waals surface area contributed by atoms with Gasteiger partial charge in [0.25, 0.3) is 0 Å². The van der Waals surface area contributed by atoms with Crippen LogP contribution < -0.4 is 4.90 Å². The van der Waals surface area contributed by atoms with E-state index in [-0.39, 0.29) is 0 Å². The number of sulfonamides is 1. The van der Waals surface area contributed by atoms with Gasteiger partial charge in [0, 0.05) is 25.5 Å². The lowest BCUT2D eigenvalue weighted by Gasteiger charge is -2.29. The van der Waals surface area contributed by atoms with Crippen LogP contribution in [-0.2, 0) is 16.4 Å². The quantitative estimate of drug-likeness (QED) is 0.827. The Balaban J connectivity index is 2.11. The summed E-state index contributed by atoms with van der Waals surface area (Å²) in [4.78, 5) is 2.30. The fourth-order valence-corrected chi connectivity index (χ4v) is 4.41. The summed E-state index contributed by atoms with van der Waals surface area (Å²) in [5.74, 6) is 0. The maximum atomic E-state index is 13.0. The third-order valence-electron chi connectivity index (χ3n) is 4.19. The maximum Gasteiger partial charge on any atom is 0.244 e. The predicted molar refractivity (Wildman–Crippen MR) is 98.0 cm³/mol. The Kier molecular flexibility index (Phi) is 4.73. The highest BCUT2D eigenvalue weighted by Crippen LogP contribution is 2.36. The van der Waals surface area contributed by atoms with E-state index in [4.69, 9.17) is 0 Å². The van der Waals surface area contributed by atoms with Crippen molar-refractivity contribution in [3.63, 3.8) is 0 Å². The number of rotatable bonds is 5. The molecule has 4 nitrogen and oxygen atoms in total. The van der Waals surface area contributed by atoms with E-state index < -0.39 is 10.0 Å². The summed E-state index contributed by atoms with van der Waals surface area (Å²) < 4.78 is 27.4. The van der Waals surface area contributed by atoms with Gasteiger partial charge in [0.15, 0.2) is 0 Å². The average Bonchev–Trinajstić information content (AvgIpc) is 2.61. The van der Waals surface area contributed by atoms with Crippen LogP contribution in [0.3, 0.4) is 0 Å². The van der Waals surface area contributed by atoms with E-state index in [2.05, 4.69) is 12.1 Å². The Hall–Kier alpha value is -2.11. The monoisotopic (exact) mass is 342 g/mol. The molecule has 0 amide bonds. The summed E-state index contributed by atoms with van der Waals surface area (Å²) in [6.07, 6.45) is 5.65. The second-order valence-electron chi connectivity index (χ2n) is 5.88. The minimum atomic E-state index is -3.53. The maximum absolute atomic E-state index is 13.0. The number of para-hydroxylation sites is 2. The first-order valence-electron chi connectivity index (χ1n) is 8.15. The van der Waals surface area contributed by atoms with Crippen molar-refractivity contribution in [2.75, 3.05) is 18.5 Å². The van der Waals surface area contributed by atoms with Crippen LogP contribution in [0.2, 0.25) is 0 Å². The highest BCUT2D eigenvalue weighted by molar-refractivity contribution is 7.89. The molecular weight excluding hydrogens is 320 g/mol. The zero-order chi connectivity index (χ0) is 17.2. The number of anilines is 2. The molecule has 0 radical (unpaired) electrons. The van der Waals surface area contributed by atoms with Crippen LogP contribution in [0.25, 0.3) is 0 Å². The fraction of sp³-hybridized carbons (Fsp3) is 0.263. The topological polar surface area (TPSA) is 40.6 Å². The van der Waals surface area contributed by atoms with Gasteiger partial charge in [-0.2, -0.15) is 0 Å². The largest absolute Gasteiger partial charge is 0.316 e. The van der Waals surface area contributed by atoms with E-state index in [0.29, 0.717) is 17.1 Å². The molecule has 5 heteroatoms. The second-order valence-corrected chi connectivity index (χ2v) is 7.90. The molecule has 0 aromatic heterocycles. The first-order valence-corrected chi connectivity index (χ1v) is 9.59. The molecule has 1 aliphatic heterocycles. The fourth-order valence-electron chi connectivity index (χ4n) is 2.97. The number of hydrogen-bond donors (Lipinski definition) is 0.